The normalized spacial score (nSPS) is 14.1. The molecule has 0 saturated heterocycles. The van der Waals surface area contributed by atoms with Gasteiger partial charge in [0.15, 0.2) is 0 Å². The van der Waals surface area contributed by atoms with Gasteiger partial charge in [-0.15, -0.1) is 0 Å². The van der Waals surface area contributed by atoms with E-state index in [4.69, 9.17) is 17.3 Å². The Morgan fingerprint density at radius 1 is 1.11 bits per heavy atom. The maximum atomic E-state index is 13.0. The first-order valence-corrected chi connectivity index (χ1v) is 6.39. The van der Waals surface area contributed by atoms with Gasteiger partial charge in [0, 0.05) is 17.5 Å². The largest absolute Gasteiger partial charge is 0.391 e. The number of benzene rings is 2. The molecule has 0 spiro atoms. The summed E-state index contributed by atoms with van der Waals surface area (Å²) >= 11 is 6.18. The van der Waals surface area contributed by atoms with Crippen molar-refractivity contribution in [1.82, 2.24) is 0 Å². The molecule has 0 amide bonds. The topological polar surface area (TPSA) is 46.2 Å². The van der Waals surface area contributed by atoms with Gasteiger partial charge in [-0.05, 0) is 29.3 Å². The lowest BCUT2D eigenvalue weighted by molar-refractivity contribution is 0.164. The summed E-state index contributed by atoms with van der Waals surface area (Å²) in [6, 6.07) is 13.3. The van der Waals surface area contributed by atoms with Gasteiger partial charge < -0.3 is 10.8 Å². The van der Waals surface area contributed by atoms with E-state index in [0.29, 0.717) is 5.02 Å². The molecule has 0 heterocycles. The molecule has 2 atom stereocenters. The standard InChI is InChI=1S/C15H15ClFNO/c16-13-4-2-1-3-12(13)15(14(19)9-18)10-5-7-11(17)8-6-10/h1-8,14-15,19H,9,18H2/t14-,15-/m0/s1. The average molecular weight is 280 g/mol. The minimum absolute atomic E-state index is 0.104. The molecule has 0 aliphatic carbocycles. The molecule has 0 unspecified atom stereocenters. The molecule has 0 aromatic heterocycles. The Hall–Kier alpha value is -1.42. The van der Waals surface area contributed by atoms with Gasteiger partial charge in [-0.2, -0.15) is 0 Å². The van der Waals surface area contributed by atoms with E-state index in [2.05, 4.69) is 0 Å². The molecule has 19 heavy (non-hydrogen) atoms. The number of halogens is 2. The van der Waals surface area contributed by atoms with Crippen molar-refractivity contribution in [3.05, 3.63) is 70.5 Å². The van der Waals surface area contributed by atoms with Crippen LogP contribution in [0.3, 0.4) is 0 Å². The van der Waals surface area contributed by atoms with Crippen LogP contribution in [0.5, 0.6) is 0 Å². The maximum absolute atomic E-state index is 13.0. The van der Waals surface area contributed by atoms with E-state index in [1.54, 1.807) is 18.2 Å². The fourth-order valence-corrected chi connectivity index (χ4v) is 2.40. The lowest BCUT2D eigenvalue weighted by atomic mass is 9.86. The highest BCUT2D eigenvalue weighted by atomic mass is 35.5. The molecule has 0 saturated carbocycles. The van der Waals surface area contributed by atoms with Gasteiger partial charge in [0.2, 0.25) is 0 Å². The Morgan fingerprint density at radius 3 is 2.32 bits per heavy atom. The number of aliphatic hydroxyl groups excluding tert-OH is 1. The summed E-state index contributed by atoms with van der Waals surface area (Å²) < 4.78 is 13.0. The molecular weight excluding hydrogens is 265 g/mol. The predicted octanol–water partition coefficient (Wildman–Crippen LogP) is 2.93. The average Bonchev–Trinajstić information content (AvgIpc) is 2.43. The van der Waals surface area contributed by atoms with Crippen molar-refractivity contribution in [2.24, 2.45) is 5.73 Å². The van der Waals surface area contributed by atoms with E-state index in [1.165, 1.54) is 12.1 Å². The lowest BCUT2D eigenvalue weighted by Crippen LogP contribution is -2.28. The van der Waals surface area contributed by atoms with E-state index >= 15 is 0 Å². The minimum atomic E-state index is -0.773. The first kappa shape index (κ1) is 14.0. The first-order chi connectivity index (χ1) is 9.13. The molecule has 3 N–H and O–H groups in total. The van der Waals surface area contributed by atoms with Crippen LogP contribution in [-0.2, 0) is 0 Å². The third-order valence-electron chi connectivity index (χ3n) is 3.10. The van der Waals surface area contributed by atoms with Crippen LogP contribution < -0.4 is 5.73 Å². The summed E-state index contributed by atoms with van der Waals surface area (Å²) in [5.41, 5.74) is 7.13. The summed E-state index contributed by atoms with van der Waals surface area (Å²) in [7, 11) is 0. The van der Waals surface area contributed by atoms with Gasteiger partial charge in [-0.1, -0.05) is 41.9 Å². The molecule has 2 nitrogen and oxygen atoms in total. The quantitative estimate of drug-likeness (QED) is 0.904. The third-order valence-corrected chi connectivity index (χ3v) is 3.44. The monoisotopic (exact) mass is 279 g/mol. The Bertz CT molecular complexity index is 544. The van der Waals surface area contributed by atoms with Crippen LogP contribution in [0.4, 0.5) is 4.39 Å². The van der Waals surface area contributed by atoms with Crippen molar-refractivity contribution in [2.45, 2.75) is 12.0 Å². The fourth-order valence-electron chi connectivity index (χ4n) is 2.14. The van der Waals surface area contributed by atoms with Crippen LogP contribution in [0, 0.1) is 5.82 Å². The first-order valence-electron chi connectivity index (χ1n) is 6.01. The zero-order chi connectivity index (χ0) is 13.8. The summed E-state index contributed by atoms with van der Waals surface area (Å²) in [6.45, 7) is 0.104. The number of hydrogen-bond donors (Lipinski definition) is 2. The van der Waals surface area contributed by atoms with E-state index in [1.807, 2.05) is 18.2 Å². The zero-order valence-electron chi connectivity index (χ0n) is 10.3. The van der Waals surface area contributed by atoms with Gasteiger partial charge >= 0.3 is 0 Å². The molecule has 4 heteroatoms. The van der Waals surface area contributed by atoms with Crippen molar-refractivity contribution < 1.29 is 9.50 Å². The predicted molar refractivity (Wildman–Crippen MR) is 74.8 cm³/mol. The summed E-state index contributed by atoms with van der Waals surface area (Å²) in [5.74, 6) is -0.678. The molecule has 2 aromatic rings. The minimum Gasteiger partial charge on any atom is -0.391 e. The molecular formula is C15H15ClFNO. The zero-order valence-corrected chi connectivity index (χ0v) is 11.0. The van der Waals surface area contributed by atoms with Crippen LogP contribution in [0.1, 0.15) is 17.0 Å². The molecule has 0 bridgehead atoms. The molecule has 100 valence electrons. The Labute approximate surface area is 116 Å². The second kappa shape index (κ2) is 6.15. The fraction of sp³-hybridized carbons (Fsp3) is 0.200. The van der Waals surface area contributed by atoms with Crippen LogP contribution in [-0.4, -0.2) is 17.8 Å². The number of aliphatic hydroxyl groups is 1. The molecule has 0 fully saturated rings. The molecule has 0 aliphatic heterocycles. The van der Waals surface area contributed by atoms with Gasteiger partial charge in [0.05, 0.1) is 6.10 Å². The van der Waals surface area contributed by atoms with Crippen LogP contribution in [0.15, 0.2) is 48.5 Å². The molecule has 2 aromatic carbocycles. The van der Waals surface area contributed by atoms with Crippen molar-refractivity contribution in [3.8, 4) is 0 Å². The summed E-state index contributed by atoms with van der Waals surface area (Å²) in [4.78, 5) is 0. The highest BCUT2D eigenvalue weighted by molar-refractivity contribution is 6.31. The van der Waals surface area contributed by atoms with Gasteiger partial charge in [0.25, 0.3) is 0 Å². The molecule has 0 radical (unpaired) electrons. The second-order valence-corrected chi connectivity index (χ2v) is 4.76. The van der Waals surface area contributed by atoms with Gasteiger partial charge in [-0.3, -0.25) is 0 Å². The lowest BCUT2D eigenvalue weighted by Gasteiger charge is -2.23. The van der Waals surface area contributed by atoms with E-state index in [-0.39, 0.29) is 18.3 Å². The molecule has 2 rings (SSSR count). The van der Waals surface area contributed by atoms with Crippen molar-refractivity contribution in [2.75, 3.05) is 6.54 Å². The van der Waals surface area contributed by atoms with Crippen LogP contribution >= 0.6 is 11.6 Å². The maximum Gasteiger partial charge on any atom is 0.123 e. The SMILES string of the molecule is NC[C@H](O)[C@@H](c1ccc(F)cc1)c1ccccc1Cl. The highest BCUT2D eigenvalue weighted by Gasteiger charge is 2.24. The van der Waals surface area contributed by atoms with E-state index < -0.39 is 6.10 Å². The van der Waals surface area contributed by atoms with E-state index in [0.717, 1.165) is 11.1 Å². The summed E-state index contributed by atoms with van der Waals surface area (Å²) in [6.07, 6.45) is -0.773. The Kier molecular flexibility index (Phi) is 4.53. The van der Waals surface area contributed by atoms with Crippen LogP contribution in [0.25, 0.3) is 0 Å². The summed E-state index contributed by atoms with van der Waals surface area (Å²) in [5, 5.41) is 10.7. The highest BCUT2D eigenvalue weighted by Crippen LogP contribution is 2.32. The smallest absolute Gasteiger partial charge is 0.123 e. The Morgan fingerprint density at radius 2 is 1.74 bits per heavy atom. The third kappa shape index (κ3) is 3.13. The van der Waals surface area contributed by atoms with Gasteiger partial charge in [0.1, 0.15) is 5.82 Å². The van der Waals surface area contributed by atoms with Crippen molar-refractivity contribution in [3.63, 3.8) is 0 Å². The van der Waals surface area contributed by atoms with Gasteiger partial charge in [-0.25, -0.2) is 4.39 Å². The number of nitrogens with two attached hydrogens (primary N) is 1. The van der Waals surface area contributed by atoms with Crippen molar-refractivity contribution >= 4 is 11.6 Å². The van der Waals surface area contributed by atoms with E-state index in [9.17, 15) is 9.50 Å². The Balaban J connectivity index is 2.48. The number of rotatable bonds is 4. The van der Waals surface area contributed by atoms with Crippen LogP contribution in [0.2, 0.25) is 5.02 Å². The molecule has 0 aliphatic rings. The second-order valence-electron chi connectivity index (χ2n) is 4.35. The number of hydrogen-bond acceptors (Lipinski definition) is 2. The van der Waals surface area contributed by atoms with Crippen molar-refractivity contribution in [1.29, 1.82) is 0 Å².